The Balaban J connectivity index is 1.95. The number of benzene rings is 1. The first kappa shape index (κ1) is 25.1. The molecule has 6 nitrogen and oxygen atoms in total. The maximum Gasteiger partial charge on any atom is 0.135 e. The number of nitrogen functional groups attached to an aromatic ring is 1. The molecular formula is C26H31F2N5O. The van der Waals surface area contributed by atoms with Crippen LogP contribution in [-0.2, 0) is 4.74 Å². The van der Waals surface area contributed by atoms with Crippen molar-refractivity contribution in [3.05, 3.63) is 90.4 Å². The number of piperidine rings is 1. The molecule has 2 unspecified atom stereocenters. The predicted molar refractivity (Wildman–Crippen MR) is 133 cm³/mol. The van der Waals surface area contributed by atoms with Gasteiger partial charge in [0.05, 0.1) is 40.1 Å². The summed E-state index contributed by atoms with van der Waals surface area (Å²) in [5.74, 6) is -1.42. The molecule has 3 rings (SSSR count). The van der Waals surface area contributed by atoms with Crippen LogP contribution in [0, 0.1) is 11.6 Å². The zero-order valence-electron chi connectivity index (χ0n) is 19.5. The summed E-state index contributed by atoms with van der Waals surface area (Å²) in [6.07, 6.45) is 6.34. The number of likely N-dealkylation sites (tertiary alicyclic amines) is 1. The van der Waals surface area contributed by atoms with Crippen LogP contribution in [0.2, 0.25) is 0 Å². The molecule has 2 atom stereocenters. The van der Waals surface area contributed by atoms with Gasteiger partial charge in [-0.1, -0.05) is 25.3 Å². The molecule has 2 heterocycles. The Kier molecular flexibility index (Phi) is 8.20. The Morgan fingerprint density at radius 1 is 1.26 bits per heavy atom. The number of nitrogens with one attached hydrogen (secondary N) is 1. The Hall–Kier alpha value is -3.49. The minimum absolute atomic E-state index is 0.00345. The Bertz CT molecular complexity index is 1110. The second-order valence-corrected chi connectivity index (χ2v) is 8.01. The van der Waals surface area contributed by atoms with Crippen LogP contribution in [0.3, 0.4) is 0 Å². The summed E-state index contributed by atoms with van der Waals surface area (Å²) < 4.78 is 34.1. The molecule has 1 saturated heterocycles. The van der Waals surface area contributed by atoms with E-state index >= 15 is 0 Å². The highest BCUT2D eigenvalue weighted by Gasteiger charge is 2.28. The first-order valence-electron chi connectivity index (χ1n) is 11.0. The molecule has 1 aromatic carbocycles. The summed E-state index contributed by atoms with van der Waals surface area (Å²) in [4.78, 5) is 6.56. The molecule has 1 aromatic heterocycles. The summed E-state index contributed by atoms with van der Waals surface area (Å²) in [6, 6.07) is 6.56. The van der Waals surface area contributed by atoms with E-state index in [0.29, 0.717) is 23.6 Å². The monoisotopic (exact) mass is 467 g/mol. The van der Waals surface area contributed by atoms with Gasteiger partial charge in [0.15, 0.2) is 0 Å². The van der Waals surface area contributed by atoms with Gasteiger partial charge in [-0.15, -0.1) is 0 Å². The Morgan fingerprint density at radius 3 is 2.56 bits per heavy atom. The quantitative estimate of drug-likeness (QED) is 0.505. The van der Waals surface area contributed by atoms with Crippen LogP contribution in [0.25, 0.3) is 17.0 Å². The fourth-order valence-electron chi connectivity index (χ4n) is 4.03. The first-order chi connectivity index (χ1) is 16.3. The van der Waals surface area contributed by atoms with Crippen molar-refractivity contribution in [3.8, 4) is 11.3 Å². The molecule has 0 saturated carbocycles. The van der Waals surface area contributed by atoms with Gasteiger partial charge >= 0.3 is 0 Å². The van der Waals surface area contributed by atoms with E-state index in [0.717, 1.165) is 18.7 Å². The molecule has 1 aliphatic rings. The van der Waals surface area contributed by atoms with Crippen molar-refractivity contribution < 1.29 is 13.5 Å². The molecule has 2 aromatic rings. The zero-order valence-corrected chi connectivity index (χ0v) is 19.5. The molecule has 0 bridgehead atoms. The number of nitrogens with two attached hydrogens (primary N) is 2. The molecule has 34 heavy (non-hydrogen) atoms. The highest BCUT2D eigenvalue weighted by molar-refractivity contribution is 5.74. The summed E-state index contributed by atoms with van der Waals surface area (Å²) in [5.41, 5.74) is 14.9. The predicted octanol–water partition coefficient (Wildman–Crippen LogP) is 4.19. The second kappa shape index (κ2) is 11.1. The number of hydrogen-bond donors (Lipinski definition) is 3. The van der Waals surface area contributed by atoms with E-state index in [1.807, 2.05) is 19.1 Å². The number of ether oxygens (including phenoxy) is 1. The Labute approximate surface area is 199 Å². The SMILES string of the molecule is C=C/C(NC(=C)c1nc(-c2c(F)cccc2F)ccc1N)=C(\C=C/C)N1CCC(OC)C(N)C1. The lowest BCUT2D eigenvalue weighted by molar-refractivity contribution is 0.0342. The van der Waals surface area contributed by atoms with Crippen LogP contribution in [0.15, 0.2) is 73.1 Å². The molecule has 0 spiro atoms. The van der Waals surface area contributed by atoms with E-state index in [1.165, 1.54) is 24.3 Å². The molecule has 5 N–H and O–H groups in total. The van der Waals surface area contributed by atoms with Gasteiger partial charge in [-0.05, 0) is 49.8 Å². The third-order valence-electron chi connectivity index (χ3n) is 5.76. The lowest BCUT2D eigenvalue weighted by Crippen LogP contribution is -2.51. The lowest BCUT2D eigenvalue weighted by Gasteiger charge is -2.38. The van der Waals surface area contributed by atoms with E-state index < -0.39 is 11.6 Å². The number of anilines is 1. The van der Waals surface area contributed by atoms with Gasteiger partial charge in [-0.25, -0.2) is 13.8 Å². The van der Waals surface area contributed by atoms with Gasteiger partial charge in [0, 0.05) is 26.2 Å². The first-order valence-corrected chi connectivity index (χ1v) is 11.0. The van der Waals surface area contributed by atoms with Crippen LogP contribution >= 0.6 is 0 Å². The summed E-state index contributed by atoms with van der Waals surface area (Å²) in [6.45, 7) is 11.3. The average Bonchev–Trinajstić information content (AvgIpc) is 2.82. The molecule has 1 aliphatic heterocycles. The molecule has 0 amide bonds. The van der Waals surface area contributed by atoms with Crippen molar-refractivity contribution >= 4 is 11.4 Å². The van der Waals surface area contributed by atoms with Gasteiger partial charge in [0.2, 0.25) is 0 Å². The van der Waals surface area contributed by atoms with E-state index in [2.05, 4.69) is 28.4 Å². The van der Waals surface area contributed by atoms with Crippen LogP contribution in [-0.4, -0.2) is 42.2 Å². The Morgan fingerprint density at radius 2 is 1.97 bits per heavy atom. The van der Waals surface area contributed by atoms with Gasteiger partial charge in [0.25, 0.3) is 0 Å². The third-order valence-corrected chi connectivity index (χ3v) is 5.76. The van der Waals surface area contributed by atoms with Crippen LogP contribution in [0.1, 0.15) is 19.0 Å². The largest absolute Gasteiger partial charge is 0.397 e. The molecule has 8 heteroatoms. The van der Waals surface area contributed by atoms with Gasteiger partial charge in [-0.2, -0.15) is 0 Å². The highest BCUT2D eigenvalue weighted by atomic mass is 19.1. The average molecular weight is 468 g/mol. The lowest BCUT2D eigenvalue weighted by atomic mass is 10.0. The van der Waals surface area contributed by atoms with Crippen molar-refractivity contribution in [2.75, 3.05) is 25.9 Å². The van der Waals surface area contributed by atoms with E-state index in [4.69, 9.17) is 16.2 Å². The number of halogens is 2. The van der Waals surface area contributed by atoms with Gasteiger partial charge < -0.3 is 26.4 Å². The maximum atomic E-state index is 14.3. The fraction of sp³-hybridized carbons (Fsp3) is 0.269. The highest BCUT2D eigenvalue weighted by Crippen LogP contribution is 2.28. The molecule has 0 radical (unpaired) electrons. The van der Waals surface area contributed by atoms with Crippen molar-refractivity contribution in [1.29, 1.82) is 0 Å². The third kappa shape index (κ3) is 5.35. The number of aromatic nitrogens is 1. The summed E-state index contributed by atoms with van der Waals surface area (Å²) in [5, 5.41) is 3.23. The smallest absolute Gasteiger partial charge is 0.135 e. The molecular weight excluding hydrogens is 436 g/mol. The van der Waals surface area contributed by atoms with Gasteiger partial charge in [0.1, 0.15) is 17.3 Å². The standard InChI is InChI=1S/C26H31F2N5O/c1-5-8-23(33-14-13-24(34-4)20(30)15-33)21(6-2)31-16(3)26-19(29)11-12-22(32-26)25-17(27)9-7-10-18(25)28/h5-12,20,24,31H,2-3,13-15,29-30H2,1,4H3/b8-5-,23-21-. The fourth-order valence-corrected chi connectivity index (χ4v) is 4.03. The minimum Gasteiger partial charge on any atom is -0.397 e. The molecule has 1 fully saturated rings. The van der Waals surface area contributed by atoms with Crippen LogP contribution in [0.4, 0.5) is 14.5 Å². The zero-order chi connectivity index (χ0) is 24.8. The van der Waals surface area contributed by atoms with Crippen molar-refractivity contribution in [2.24, 2.45) is 5.73 Å². The van der Waals surface area contributed by atoms with Crippen LogP contribution < -0.4 is 16.8 Å². The number of pyridine rings is 1. The summed E-state index contributed by atoms with van der Waals surface area (Å²) >= 11 is 0. The number of nitrogens with zero attached hydrogens (tertiary/aromatic N) is 2. The van der Waals surface area contributed by atoms with Crippen molar-refractivity contribution in [1.82, 2.24) is 15.2 Å². The number of hydrogen-bond acceptors (Lipinski definition) is 6. The van der Waals surface area contributed by atoms with Crippen molar-refractivity contribution in [2.45, 2.75) is 25.5 Å². The number of methoxy groups -OCH3 is 1. The maximum absolute atomic E-state index is 14.3. The topological polar surface area (TPSA) is 89.4 Å². The van der Waals surface area contributed by atoms with Crippen molar-refractivity contribution in [3.63, 3.8) is 0 Å². The van der Waals surface area contributed by atoms with Crippen LogP contribution in [0.5, 0.6) is 0 Å². The van der Waals surface area contributed by atoms with E-state index in [-0.39, 0.29) is 29.1 Å². The number of allylic oxidation sites excluding steroid dienone is 3. The summed E-state index contributed by atoms with van der Waals surface area (Å²) in [7, 11) is 1.67. The minimum atomic E-state index is -0.709. The normalized spacial score (nSPS) is 19.1. The van der Waals surface area contributed by atoms with E-state index in [9.17, 15) is 8.78 Å². The second-order valence-electron chi connectivity index (χ2n) is 8.01. The number of rotatable bonds is 8. The van der Waals surface area contributed by atoms with E-state index in [1.54, 1.807) is 19.3 Å². The molecule has 180 valence electrons. The van der Waals surface area contributed by atoms with Gasteiger partial charge in [-0.3, -0.25) is 0 Å². The molecule has 0 aliphatic carbocycles.